The van der Waals surface area contributed by atoms with Crippen LogP contribution < -0.4 is 15.2 Å². The Hall–Kier alpha value is -2.35. The molecule has 0 bridgehead atoms. The Labute approximate surface area is 146 Å². The molecule has 1 aromatic rings. The number of hydrogen-bond acceptors (Lipinski definition) is 6. The van der Waals surface area contributed by atoms with Crippen LogP contribution in [0.3, 0.4) is 0 Å². The predicted octanol–water partition coefficient (Wildman–Crippen LogP) is 2.31. The molecule has 3 N–H and O–H groups in total. The van der Waals surface area contributed by atoms with Gasteiger partial charge in [-0.25, -0.2) is 9.18 Å². The van der Waals surface area contributed by atoms with Gasteiger partial charge in [-0.2, -0.15) is 0 Å². The molecule has 0 saturated carbocycles. The van der Waals surface area contributed by atoms with E-state index in [0.717, 1.165) is 0 Å². The third-order valence-corrected chi connectivity index (χ3v) is 3.32. The van der Waals surface area contributed by atoms with Crippen LogP contribution in [0.2, 0.25) is 0 Å². The normalized spacial score (nSPS) is 11.0. The number of carboxylic acids is 1. The minimum Gasteiger partial charge on any atom is -0.492 e. The van der Waals surface area contributed by atoms with Crippen molar-refractivity contribution < 1.29 is 33.3 Å². The van der Waals surface area contributed by atoms with Crippen molar-refractivity contribution in [2.45, 2.75) is 40.2 Å². The number of carbonyl (C=O) groups excluding carboxylic acids is 1. The number of aliphatic carboxylic acids is 1. The van der Waals surface area contributed by atoms with Gasteiger partial charge in [0.2, 0.25) is 0 Å². The molecule has 142 valence electrons. The van der Waals surface area contributed by atoms with Gasteiger partial charge in [0.25, 0.3) is 0 Å². The second-order valence-electron chi connectivity index (χ2n) is 4.73. The van der Waals surface area contributed by atoms with Crippen LogP contribution in [0.25, 0.3) is 0 Å². The highest BCUT2D eigenvalue weighted by Gasteiger charge is 2.30. The zero-order valence-corrected chi connectivity index (χ0v) is 15.4. The van der Waals surface area contributed by atoms with Gasteiger partial charge in [0.05, 0.1) is 26.4 Å². The SMILES string of the molecule is CC.CCOC(=O)c1c(C)c(OC)c(OC)c(F)c1CC(N)C(=O)O. The fourth-order valence-corrected chi connectivity index (χ4v) is 2.26. The van der Waals surface area contributed by atoms with Crippen molar-refractivity contribution in [1.82, 2.24) is 0 Å². The van der Waals surface area contributed by atoms with Crippen molar-refractivity contribution in [3.8, 4) is 11.5 Å². The van der Waals surface area contributed by atoms with Gasteiger partial charge in [0, 0.05) is 17.5 Å². The Bertz CT molecular complexity index is 618. The van der Waals surface area contributed by atoms with Crippen LogP contribution in [0, 0.1) is 12.7 Å². The monoisotopic (exact) mass is 359 g/mol. The van der Waals surface area contributed by atoms with E-state index < -0.39 is 30.2 Å². The van der Waals surface area contributed by atoms with E-state index in [1.165, 1.54) is 21.1 Å². The number of ether oxygens (including phenoxy) is 3. The third-order valence-electron chi connectivity index (χ3n) is 3.32. The quantitative estimate of drug-likeness (QED) is 0.719. The van der Waals surface area contributed by atoms with Crippen LogP contribution in [0.1, 0.15) is 42.3 Å². The predicted molar refractivity (Wildman–Crippen MR) is 90.9 cm³/mol. The molecule has 1 atom stereocenters. The molecular formula is C17H26FNO6. The van der Waals surface area contributed by atoms with Crippen LogP contribution in [0.5, 0.6) is 11.5 Å². The van der Waals surface area contributed by atoms with E-state index >= 15 is 0 Å². The lowest BCUT2D eigenvalue weighted by molar-refractivity contribution is -0.138. The van der Waals surface area contributed by atoms with Gasteiger partial charge in [0.15, 0.2) is 17.3 Å². The second-order valence-corrected chi connectivity index (χ2v) is 4.73. The molecule has 7 nitrogen and oxygen atoms in total. The molecule has 0 aromatic heterocycles. The molecule has 0 radical (unpaired) electrons. The summed E-state index contributed by atoms with van der Waals surface area (Å²) in [5, 5.41) is 8.94. The molecule has 8 heteroatoms. The van der Waals surface area contributed by atoms with Crippen LogP contribution >= 0.6 is 0 Å². The molecule has 0 heterocycles. The Kier molecular flexibility index (Phi) is 9.51. The highest BCUT2D eigenvalue weighted by atomic mass is 19.1. The Morgan fingerprint density at radius 3 is 2.12 bits per heavy atom. The largest absolute Gasteiger partial charge is 0.492 e. The van der Waals surface area contributed by atoms with Crippen molar-refractivity contribution in [3.05, 3.63) is 22.5 Å². The van der Waals surface area contributed by atoms with Crippen molar-refractivity contribution >= 4 is 11.9 Å². The lowest BCUT2D eigenvalue weighted by Crippen LogP contribution is -2.33. The smallest absolute Gasteiger partial charge is 0.338 e. The fraction of sp³-hybridized carbons (Fsp3) is 0.529. The van der Waals surface area contributed by atoms with Gasteiger partial charge in [-0.1, -0.05) is 13.8 Å². The number of methoxy groups -OCH3 is 2. The van der Waals surface area contributed by atoms with Gasteiger partial charge in [-0.3, -0.25) is 4.79 Å². The van der Waals surface area contributed by atoms with E-state index in [9.17, 15) is 14.0 Å². The molecule has 25 heavy (non-hydrogen) atoms. The molecule has 0 saturated heterocycles. The summed E-state index contributed by atoms with van der Waals surface area (Å²) >= 11 is 0. The average molecular weight is 359 g/mol. The molecule has 0 amide bonds. The molecule has 0 spiro atoms. The maximum absolute atomic E-state index is 14.7. The zero-order chi connectivity index (χ0) is 19.7. The summed E-state index contributed by atoms with van der Waals surface area (Å²) in [6, 6.07) is -1.38. The van der Waals surface area contributed by atoms with Gasteiger partial charge >= 0.3 is 11.9 Å². The molecule has 1 rings (SSSR count). The van der Waals surface area contributed by atoms with Crippen LogP contribution in [-0.4, -0.2) is 43.9 Å². The van der Waals surface area contributed by atoms with E-state index in [0.29, 0.717) is 0 Å². The summed E-state index contributed by atoms with van der Waals surface area (Å²) < 4.78 is 29.7. The summed E-state index contributed by atoms with van der Waals surface area (Å²) in [4.78, 5) is 23.1. The standard InChI is InChI=1S/C15H20FNO6.C2H6/c1-5-23-15(20)10-7(2)12(21-3)13(22-4)11(16)8(10)6-9(17)14(18)19;1-2/h9H,5-6,17H2,1-4H3,(H,18,19);1-2H3. The Morgan fingerprint density at radius 2 is 1.72 bits per heavy atom. The minimum absolute atomic E-state index is 0.0423. The van der Waals surface area contributed by atoms with Crippen molar-refractivity contribution in [1.29, 1.82) is 0 Å². The Morgan fingerprint density at radius 1 is 1.20 bits per heavy atom. The van der Waals surface area contributed by atoms with E-state index in [1.807, 2.05) is 13.8 Å². The number of carbonyl (C=O) groups is 2. The number of hydrogen-bond donors (Lipinski definition) is 2. The first-order valence-corrected chi connectivity index (χ1v) is 7.88. The number of benzene rings is 1. The lowest BCUT2D eigenvalue weighted by atomic mass is 9.94. The number of esters is 1. The van der Waals surface area contributed by atoms with Crippen LogP contribution in [0.4, 0.5) is 4.39 Å². The zero-order valence-electron chi connectivity index (χ0n) is 15.4. The van der Waals surface area contributed by atoms with Crippen LogP contribution in [0.15, 0.2) is 0 Å². The summed E-state index contributed by atoms with van der Waals surface area (Å²) in [6.07, 6.45) is -0.392. The molecule has 0 fully saturated rings. The van der Waals surface area contributed by atoms with Gasteiger partial charge in [-0.05, 0) is 13.8 Å². The van der Waals surface area contributed by atoms with Crippen molar-refractivity contribution in [2.75, 3.05) is 20.8 Å². The Balaban J connectivity index is 0.00000277. The number of carboxylic acid groups (broad SMARTS) is 1. The fourth-order valence-electron chi connectivity index (χ4n) is 2.26. The highest BCUT2D eigenvalue weighted by Crippen LogP contribution is 2.39. The van der Waals surface area contributed by atoms with Crippen molar-refractivity contribution in [2.24, 2.45) is 5.73 Å². The number of halogens is 1. The van der Waals surface area contributed by atoms with Crippen LogP contribution in [-0.2, 0) is 16.0 Å². The maximum atomic E-state index is 14.7. The third kappa shape index (κ3) is 5.06. The van der Waals surface area contributed by atoms with Gasteiger partial charge in [-0.15, -0.1) is 0 Å². The summed E-state index contributed by atoms with van der Waals surface area (Å²) in [7, 11) is 2.55. The first kappa shape index (κ1) is 22.6. The van der Waals surface area contributed by atoms with Gasteiger partial charge in [0.1, 0.15) is 6.04 Å². The number of rotatable bonds is 7. The van der Waals surface area contributed by atoms with Crippen molar-refractivity contribution in [3.63, 3.8) is 0 Å². The van der Waals surface area contributed by atoms with E-state index in [4.69, 9.17) is 25.1 Å². The first-order valence-electron chi connectivity index (χ1n) is 7.88. The molecule has 1 aromatic carbocycles. The minimum atomic E-state index is -1.38. The highest BCUT2D eigenvalue weighted by molar-refractivity contribution is 5.94. The molecule has 0 aliphatic carbocycles. The molecular weight excluding hydrogens is 333 g/mol. The van der Waals surface area contributed by atoms with E-state index in [2.05, 4.69) is 0 Å². The molecule has 0 aliphatic heterocycles. The molecule has 1 unspecified atom stereocenters. The van der Waals surface area contributed by atoms with Gasteiger partial charge < -0.3 is 25.1 Å². The number of nitrogens with two attached hydrogens (primary N) is 1. The summed E-state index contributed by atoms with van der Waals surface area (Å²) in [6.45, 7) is 7.22. The summed E-state index contributed by atoms with van der Waals surface area (Å²) in [5.41, 5.74) is 5.50. The first-order chi connectivity index (χ1) is 11.8. The van der Waals surface area contributed by atoms with E-state index in [-0.39, 0.29) is 34.8 Å². The molecule has 0 aliphatic rings. The lowest BCUT2D eigenvalue weighted by Gasteiger charge is -2.20. The average Bonchev–Trinajstić information content (AvgIpc) is 2.59. The maximum Gasteiger partial charge on any atom is 0.338 e. The topological polar surface area (TPSA) is 108 Å². The van der Waals surface area contributed by atoms with E-state index in [1.54, 1.807) is 6.92 Å². The second kappa shape index (κ2) is 10.5. The summed E-state index contributed by atoms with van der Waals surface area (Å²) in [5.74, 6) is -3.16.